The summed E-state index contributed by atoms with van der Waals surface area (Å²) in [4.78, 5) is 0.171. The van der Waals surface area contributed by atoms with E-state index >= 15 is 0 Å². The number of halogens is 1. The van der Waals surface area contributed by atoms with Gasteiger partial charge in [-0.3, -0.25) is 0 Å². The lowest BCUT2D eigenvalue weighted by molar-refractivity contribution is 0.515. The molecule has 0 bridgehead atoms. The molecule has 20 heavy (non-hydrogen) atoms. The van der Waals surface area contributed by atoms with Gasteiger partial charge in [-0.1, -0.05) is 67.5 Å². The molecule has 0 rings (SSSR count). The van der Waals surface area contributed by atoms with Crippen LogP contribution in [0.4, 0.5) is 0 Å². The van der Waals surface area contributed by atoms with Crippen molar-refractivity contribution >= 4 is 26.9 Å². The molecule has 1 N–H and O–H groups in total. The summed E-state index contributed by atoms with van der Waals surface area (Å²) in [7, 11) is -1.03. The fourth-order valence-corrected chi connectivity index (χ4v) is 3.37. The summed E-state index contributed by atoms with van der Waals surface area (Å²) in [5.41, 5.74) is 0. The van der Waals surface area contributed by atoms with Crippen molar-refractivity contribution in [3.63, 3.8) is 0 Å². The van der Waals surface area contributed by atoms with Crippen LogP contribution in [0.2, 0.25) is 0 Å². The van der Waals surface area contributed by atoms with E-state index in [1.165, 1.54) is 38.5 Å². The first-order chi connectivity index (χ1) is 9.32. The Morgan fingerprint density at radius 2 is 1.75 bits per heavy atom. The Morgan fingerprint density at radius 1 is 1.20 bits per heavy atom. The van der Waals surface area contributed by atoms with Gasteiger partial charge in [0.15, 0.2) is 0 Å². The van der Waals surface area contributed by atoms with Gasteiger partial charge >= 0.3 is 0 Å². The van der Waals surface area contributed by atoms with Gasteiger partial charge in [0.25, 0.3) is 0 Å². The summed E-state index contributed by atoms with van der Waals surface area (Å²) in [5, 5.41) is 0. The Hall–Kier alpha value is 0.330. The summed E-state index contributed by atoms with van der Waals surface area (Å²) in [5.74, 6) is 0. The maximum Gasteiger partial charge on any atom is 0.0973 e. The van der Waals surface area contributed by atoms with Crippen LogP contribution >= 0.6 is 15.9 Å². The zero-order chi connectivity index (χ0) is 15.6. The quantitative estimate of drug-likeness (QED) is 0.307. The predicted octanol–water partition coefficient (Wildman–Crippen LogP) is 5.11. The van der Waals surface area contributed by atoms with Gasteiger partial charge in [-0.25, -0.2) is 8.93 Å². The molecular weight excluding hydrogens is 334 g/mol. The third-order valence-electron chi connectivity index (χ3n) is 3.29. The Balaban J connectivity index is 4.17. The van der Waals surface area contributed by atoms with Crippen LogP contribution in [-0.4, -0.2) is 19.8 Å². The average molecular weight is 366 g/mol. The summed E-state index contributed by atoms with van der Waals surface area (Å²) in [6.07, 6.45) is 10.6. The number of rotatable bonds is 11. The van der Waals surface area contributed by atoms with E-state index in [4.69, 9.17) is 0 Å². The van der Waals surface area contributed by atoms with Crippen molar-refractivity contribution in [2.45, 2.75) is 88.3 Å². The molecule has 2 unspecified atom stereocenters. The highest BCUT2D eigenvalue weighted by Gasteiger charge is 2.25. The summed E-state index contributed by atoms with van der Waals surface area (Å²) >= 11 is 3.62. The smallest absolute Gasteiger partial charge is 0.0973 e. The lowest BCUT2D eigenvalue weighted by atomic mass is 10.0. The minimum absolute atomic E-state index is 0.171. The topological polar surface area (TPSA) is 29.1 Å². The van der Waals surface area contributed by atoms with Crippen LogP contribution < -0.4 is 4.72 Å². The molecule has 0 aliphatic rings. The fourth-order valence-electron chi connectivity index (χ4n) is 1.91. The van der Waals surface area contributed by atoms with Gasteiger partial charge in [-0.2, -0.15) is 0 Å². The molecule has 0 aromatic rings. The van der Waals surface area contributed by atoms with Crippen molar-refractivity contribution in [1.29, 1.82) is 0 Å². The van der Waals surface area contributed by atoms with Gasteiger partial charge in [0.1, 0.15) is 0 Å². The van der Waals surface area contributed by atoms with Crippen molar-refractivity contribution in [2.75, 3.05) is 0 Å². The molecule has 0 radical (unpaired) electrons. The van der Waals surface area contributed by atoms with E-state index in [0.29, 0.717) is 0 Å². The van der Waals surface area contributed by atoms with Crippen molar-refractivity contribution in [1.82, 2.24) is 4.72 Å². The minimum Gasteiger partial charge on any atom is -0.242 e. The number of unbranched alkanes of at least 4 members (excludes halogenated alkanes) is 5. The maximum atomic E-state index is 12.2. The highest BCUT2D eigenvalue weighted by molar-refractivity contribution is 9.09. The lowest BCUT2D eigenvalue weighted by Crippen LogP contribution is -2.43. The Bertz CT molecular complexity index is 289. The summed E-state index contributed by atoms with van der Waals surface area (Å²) in [6.45, 7) is 12.1. The summed E-state index contributed by atoms with van der Waals surface area (Å²) in [6, 6.07) is 0.193. The van der Waals surface area contributed by atoms with Gasteiger partial charge in [-0.15, -0.1) is 6.58 Å². The first kappa shape index (κ1) is 20.3. The molecule has 2 nitrogen and oxygen atoms in total. The van der Waals surface area contributed by atoms with Gasteiger partial charge in [0, 0.05) is 10.9 Å². The van der Waals surface area contributed by atoms with Crippen LogP contribution in [0.3, 0.4) is 0 Å². The highest BCUT2D eigenvalue weighted by atomic mass is 79.9. The van der Waals surface area contributed by atoms with Crippen molar-refractivity contribution < 1.29 is 4.21 Å². The molecule has 0 aliphatic heterocycles. The molecule has 0 fully saturated rings. The van der Waals surface area contributed by atoms with Gasteiger partial charge in [0.2, 0.25) is 0 Å². The second-order valence-corrected chi connectivity index (χ2v) is 9.40. The average Bonchev–Trinajstić information content (AvgIpc) is 2.39. The second kappa shape index (κ2) is 11.0. The maximum absolute atomic E-state index is 12.2. The second-order valence-electron chi connectivity index (χ2n) is 6.34. The monoisotopic (exact) mass is 365 g/mol. The largest absolute Gasteiger partial charge is 0.242 e. The van der Waals surface area contributed by atoms with Gasteiger partial charge < -0.3 is 0 Å². The predicted molar refractivity (Wildman–Crippen MR) is 95.7 cm³/mol. The van der Waals surface area contributed by atoms with E-state index in [9.17, 15) is 4.21 Å². The third kappa shape index (κ3) is 9.30. The van der Waals surface area contributed by atoms with E-state index in [1.807, 2.05) is 26.8 Å². The Labute approximate surface area is 136 Å². The molecule has 0 saturated carbocycles. The van der Waals surface area contributed by atoms with Crippen LogP contribution in [0.1, 0.15) is 72.6 Å². The standard InChI is InChI=1S/C16H32BrNOS/c1-6-8-9-10-11-12-13-15(14(17)7-2)18-20(19)16(3,4)5/h7,14-15,18H,2,6,8-13H2,1,3-5H3/t14?,15-,20?/m1/s1. The van der Waals surface area contributed by atoms with Crippen LogP contribution in [0.5, 0.6) is 0 Å². The number of hydrogen-bond acceptors (Lipinski definition) is 1. The zero-order valence-electron chi connectivity index (χ0n) is 13.6. The number of alkyl halides is 1. The van der Waals surface area contributed by atoms with Crippen LogP contribution in [0, 0.1) is 0 Å². The molecule has 0 aromatic heterocycles. The fraction of sp³-hybridized carbons (Fsp3) is 0.875. The van der Waals surface area contributed by atoms with Crippen LogP contribution in [-0.2, 0) is 11.0 Å². The van der Waals surface area contributed by atoms with Gasteiger partial charge in [0.05, 0.1) is 15.7 Å². The van der Waals surface area contributed by atoms with E-state index in [2.05, 4.69) is 34.2 Å². The van der Waals surface area contributed by atoms with E-state index < -0.39 is 11.0 Å². The molecule has 0 aliphatic carbocycles. The third-order valence-corrected chi connectivity index (χ3v) is 5.93. The number of nitrogens with one attached hydrogen (secondary N) is 1. The first-order valence-corrected chi connectivity index (χ1v) is 9.84. The highest BCUT2D eigenvalue weighted by Crippen LogP contribution is 2.18. The van der Waals surface area contributed by atoms with E-state index in [1.54, 1.807) is 0 Å². The molecular formula is C16H32BrNOS. The van der Waals surface area contributed by atoms with Crippen molar-refractivity contribution in [3.8, 4) is 0 Å². The van der Waals surface area contributed by atoms with Crippen molar-refractivity contribution in [3.05, 3.63) is 12.7 Å². The summed E-state index contributed by atoms with van der Waals surface area (Å²) < 4.78 is 15.2. The first-order valence-electron chi connectivity index (χ1n) is 7.77. The Kier molecular flexibility index (Phi) is 11.2. The van der Waals surface area contributed by atoms with Gasteiger partial charge in [-0.05, 0) is 27.2 Å². The van der Waals surface area contributed by atoms with E-state index in [-0.39, 0.29) is 15.6 Å². The van der Waals surface area contributed by atoms with Crippen LogP contribution in [0.25, 0.3) is 0 Å². The molecule has 0 heterocycles. The van der Waals surface area contributed by atoms with E-state index in [0.717, 1.165) is 6.42 Å². The molecule has 120 valence electrons. The SMILES string of the molecule is C=CC(Br)[C@@H](CCCCCCCC)NS(=O)C(C)(C)C. The molecule has 0 saturated heterocycles. The molecule has 0 aromatic carbocycles. The normalized spacial score (nSPS) is 16.6. The molecule has 0 spiro atoms. The minimum atomic E-state index is -1.03. The zero-order valence-corrected chi connectivity index (χ0v) is 16.0. The molecule has 0 amide bonds. The molecule has 4 heteroatoms. The lowest BCUT2D eigenvalue weighted by Gasteiger charge is -2.26. The Morgan fingerprint density at radius 3 is 2.25 bits per heavy atom. The van der Waals surface area contributed by atoms with Crippen LogP contribution in [0.15, 0.2) is 12.7 Å². The number of hydrogen-bond donors (Lipinski definition) is 1. The molecule has 3 atom stereocenters. The van der Waals surface area contributed by atoms with Crippen molar-refractivity contribution in [2.24, 2.45) is 0 Å².